The van der Waals surface area contributed by atoms with Gasteiger partial charge in [-0.05, 0) is 33.5 Å². The van der Waals surface area contributed by atoms with Gasteiger partial charge in [0.25, 0.3) is 0 Å². The molecule has 0 spiro atoms. The largest absolute Gasteiger partial charge is 0.337 e. The topological polar surface area (TPSA) is 64.9 Å². The van der Waals surface area contributed by atoms with Crippen LogP contribution in [0.1, 0.15) is 32.7 Å². The van der Waals surface area contributed by atoms with Gasteiger partial charge in [-0.2, -0.15) is 4.98 Å². The van der Waals surface area contributed by atoms with E-state index in [2.05, 4.69) is 26.1 Å². The van der Waals surface area contributed by atoms with Crippen LogP contribution in [-0.4, -0.2) is 10.1 Å². The Morgan fingerprint density at radius 1 is 1.30 bits per heavy atom. The van der Waals surface area contributed by atoms with Crippen molar-refractivity contribution in [2.75, 3.05) is 0 Å². The van der Waals surface area contributed by atoms with Crippen molar-refractivity contribution in [3.05, 3.63) is 34.1 Å². The lowest BCUT2D eigenvalue weighted by Crippen LogP contribution is -2.26. The van der Waals surface area contributed by atoms with Crippen LogP contribution in [0.4, 0.5) is 8.78 Å². The highest BCUT2D eigenvalue weighted by atomic mass is 79.9. The number of nitrogens with zero attached hydrogens (tertiary/aromatic N) is 2. The zero-order chi connectivity index (χ0) is 15.1. The van der Waals surface area contributed by atoms with Crippen molar-refractivity contribution >= 4 is 15.9 Å². The van der Waals surface area contributed by atoms with E-state index < -0.39 is 17.7 Å². The summed E-state index contributed by atoms with van der Waals surface area (Å²) in [7, 11) is 0. The molecule has 1 aromatic heterocycles. The molecule has 0 fully saturated rings. The molecule has 2 aromatic rings. The summed E-state index contributed by atoms with van der Waals surface area (Å²) in [4.78, 5) is 4.16. The number of benzene rings is 1. The van der Waals surface area contributed by atoms with Crippen molar-refractivity contribution in [1.82, 2.24) is 10.1 Å². The lowest BCUT2D eigenvalue weighted by molar-refractivity contribution is 0.253. The molecule has 7 heteroatoms. The molecular formula is C13H14BrF2N3O. The summed E-state index contributed by atoms with van der Waals surface area (Å²) in [5.74, 6) is -1.53. The molecule has 20 heavy (non-hydrogen) atoms. The molecular weight excluding hydrogens is 332 g/mol. The van der Waals surface area contributed by atoms with Crippen molar-refractivity contribution < 1.29 is 13.3 Å². The average molecular weight is 346 g/mol. The highest BCUT2D eigenvalue weighted by Gasteiger charge is 2.28. The molecule has 2 rings (SSSR count). The van der Waals surface area contributed by atoms with E-state index in [4.69, 9.17) is 10.3 Å². The molecule has 4 nitrogen and oxygen atoms in total. The Labute approximate surface area is 123 Å². The predicted octanol–water partition coefficient (Wildman–Crippen LogP) is 3.82. The maximum atomic E-state index is 13.5. The van der Waals surface area contributed by atoms with Crippen LogP contribution in [0, 0.1) is 17.0 Å². The minimum absolute atomic E-state index is 0.0471. The molecule has 0 aliphatic carbocycles. The Hall–Kier alpha value is -1.34. The summed E-state index contributed by atoms with van der Waals surface area (Å²) in [6.07, 6.45) is 0. The van der Waals surface area contributed by atoms with Crippen molar-refractivity contribution in [1.29, 1.82) is 0 Å². The zero-order valence-corrected chi connectivity index (χ0v) is 12.8. The number of halogens is 3. The van der Waals surface area contributed by atoms with Crippen LogP contribution in [0.5, 0.6) is 0 Å². The molecule has 2 N–H and O–H groups in total. The Bertz CT molecular complexity index is 637. The third kappa shape index (κ3) is 2.73. The van der Waals surface area contributed by atoms with Gasteiger partial charge in [-0.3, -0.25) is 0 Å². The fourth-order valence-electron chi connectivity index (χ4n) is 1.54. The first kappa shape index (κ1) is 15.1. The molecule has 0 saturated carbocycles. The molecule has 0 saturated heterocycles. The molecule has 0 radical (unpaired) electrons. The van der Waals surface area contributed by atoms with Crippen molar-refractivity contribution in [2.45, 2.75) is 26.8 Å². The molecule has 108 valence electrons. The highest BCUT2D eigenvalue weighted by molar-refractivity contribution is 9.10. The summed E-state index contributed by atoms with van der Waals surface area (Å²) in [6, 6.07) is 1.93. The van der Waals surface area contributed by atoms with Crippen molar-refractivity contribution in [2.24, 2.45) is 11.1 Å². The van der Waals surface area contributed by atoms with Crippen molar-refractivity contribution in [3.63, 3.8) is 0 Å². The quantitative estimate of drug-likeness (QED) is 0.840. The van der Waals surface area contributed by atoms with Gasteiger partial charge in [0, 0.05) is 5.56 Å². The van der Waals surface area contributed by atoms with Gasteiger partial charge in [-0.25, -0.2) is 8.78 Å². The van der Waals surface area contributed by atoms with Crippen LogP contribution < -0.4 is 5.73 Å². The number of rotatable bonds is 2. The van der Waals surface area contributed by atoms with E-state index in [9.17, 15) is 8.78 Å². The molecule has 1 atom stereocenters. The summed E-state index contributed by atoms with van der Waals surface area (Å²) >= 11 is 2.99. The summed E-state index contributed by atoms with van der Waals surface area (Å²) in [5, 5.41) is 3.77. The molecule has 0 aliphatic heterocycles. The van der Waals surface area contributed by atoms with Gasteiger partial charge in [-0.15, -0.1) is 0 Å². The molecule has 1 heterocycles. The lowest BCUT2D eigenvalue weighted by Gasteiger charge is -2.23. The zero-order valence-electron chi connectivity index (χ0n) is 11.2. The monoisotopic (exact) mass is 345 g/mol. The van der Waals surface area contributed by atoms with Crippen LogP contribution in [0.3, 0.4) is 0 Å². The van der Waals surface area contributed by atoms with Gasteiger partial charge in [0.2, 0.25) is 11.7 Å². The van der Waals surface area contributed by atoms with E-state index in [0.29, 0.717) is 5.56 Å². The number of aromatic nitrogens is 2. The maximum Gasteiger partial charge on any atom is 0.244 e. The van der Waals surface area contributed by atoms with E-state index in [-0.39, 0.29) is 21.6 Å². The average Bonchev–Trinajstić information content (AvgIpc) is 2.83. The number of nitrogens with two attached hydrogens (primary N) is 1. The van der Waals surface area contributed by atoms with Crippen molar-refractivity contribution in [3.8, 4) is 11.4 Å². The minimum Gasteiger partial charge on any atom is -0.337 e. The van der Waals surface area contributed by atoms with Crippen LogP contribution in [0.15, 0.2) is 21.1 Å². The SMILES string of the molecule is CC(C)(C)[C@@H](N)c1nc(-c2ccc(F)c(F)c2Br)no1. The van der Waals surface area contributed by atoms with Crippen LogP contribution in [-0.2, 0) is 0 Å². The van der Waals surface area contributed by atoms with Gasteiger partial charge < -0.3 is 10.3 Å². The first-order valence-electron chi connectivity index (χ1n) is 5.95. The van der Waals surface area contributed by atoms with Crippen LogP contribution in [0.25, 0.3) is 11.4 Å². The second-order valence-electron chi connectivity index (χ2n) is 5.52. The maximum absolute atomic E-state index is 13.5. The van der Waals surface area contributed by atoms with Gasteiger partial charge in [0.15, 0.2) is 11.6 Å². The molecule has 0 amide bonds. The van der Waals surface area contributed by atoms with Gasteiger partial charge in [-0.1, -0.05) is 25.9 Å². The van der Waals surface area contributed by atoms with E-state index >= 15 is 0 Å². The highest BCUT2D eigenvalue weighted by Crippen LogP contribution is 2.33. The summed E-state index contributed by atoms with van der Waals surface area (Å²) < 4.78 is 31.6. The minimum atomic E-state index is -0.992. The first-order valence-corrected chi connectivity index (χ1v) is 6.74. The van der Waals surface area contributed by atoms with Gasteiger partial charge in [0.1, 0.15) is 0 Å². The molecule has 1 aromatic carbocycles. The normalized spacial score (nSPS) is 13.6. The number of hydrogen-bond acceptors (Lipinski definition) is 4. The molecule has 0 aliphatic rings. The summed E-state index contributed by atoms with van der Waals surface area (Å²) in [5.41, 5.74) is 6.06. The second-order valence-corrected chi connectivity index (χ2v) is 6.32. The standard InChI is InChI=1S/C13H14BrF2N3O/c1-13(2,3)10(17)12-18-11(19-20-12)6-4-5-7(15)9(16)8(6)14/h4-5,10H,17H2,1-3H3/t10-/m0/s1. The van der Waals surface area contributed by atoms with E-state index in [0.717, 1.165) is 6.07 Å². The Morgan fingerprint density at radius 2 is 1.95 bits per heavy atom. The Kier molecular flexibility index (Phi) is 3.93. The molecule has 0 unspecified atom stereocenters. The Morgan fingerprint density at radius 3 is 2.55 bits per heavy atom. The Balaban J connectivity index is 2.42. The van der Waals surface area contributed by atoms with Crippen LogP contribution in [0.2, 0.25) is 0 Å². The smallest absolute Gasteiger partial charge is 0.244 e. The number of hydrogen-bond donors (Lipinski definition) is 1. The van der Waals surface area contributed by atoms with E-state index in [1.165, 1.54) is 6.07 Å². The second kappa shape index (κ2) is 5.21. The van der Waals surface area contributed by atoms with E-state index in [1.54, 1.807) is 0 Å². The fourth-order valence-corrected chi connectivity index (χ4v) is 2.04. The first-order chi connectivity index (χ1) is 9.21. The summed E-state index contributed by atoms with van der Waals surface area (Å²) in [6.45, 7) is 5.82. The van der Waals surface area contributed by atoms with E-state index in [1.807, 2.05) is 20.8 Å². The lowest BCUT2D eigenvalue weighted by atomic mass is 9.87. The molecule has 0 bridgehead atoms. The fraction of sp³-hybridized carbons (Fsp3) is 0.385. The predicted molar refractivity (Wildman–Crippen MR) is 73.7 cm³/mol. The third-order valence-corrected chi connectivity index (χ3v) is 3.69. The van der Waals surface area contributed by atoms with Crippen LogP contribution >= 0.6 is 15.9 Å². The third-order valence-electron chi connectivity index (χ3n) is 2.92. The van der Waals surface area contributed by atoms with Gasteiger partial charge in [0.05, 0.1) is 10.5 Å². The van der Waals surface area contributed by atoms with Gasteiger partial charge >= 0.3 is 0 Å².